The lowest BCUT2D eigenvalue weighted by Crippen LogP contribution is -2.42. The Morgan fingerprint density at radius 1 is 1.44 bits per heavy atom. The first kappa shape index (κ1) is 15.0. The lowest BCUT2D eigenvalue weighted by molar-refractivity contribution is -0.162. The second-order valence-corrected chi connectivity index (χ2v) is 5.69. The molecule has 1 aromatic heterocycles. The summed E-state index contributed by atoms with van der Waals surface area (Å²) in [4.78, 5) is 26.7. The van der Waals surface area contributed by atoms with Gasteiger partial charge in [0.05, 0.1) is 0 Å². The van der Waals surface area contributed by atoms with Crippen LogP contribution in [0.5, 0.6) is 0 Å². The van der Waals surface area contributed by atoms with Gasteiger partial charge in [-0.15, -0.1) is 0 Å². The summed E-state index contributed by atoms with van der Waals surface area (Å²) in [7, 11) is 0. The van der Waals surface area contributed by atoms with E-state index >= 15 is 0 Å². The van der Waals surface area contributed by atoms with Crippen LogP contribution < -0.4 is 4.72 Å². The molecule has 0 saturated heterocycles. The van der Waals surface area contributed by atoms with E-state index in [1.165, 1.54) is 20.8 Å². The summed E-state index contributed by atoms with van der Waals surface area (Å²) in [6.45, 7) is 4.32. The van der Waals surface area contributed by atoms with E-state index in [2.05, 4.69) is 25.6 Å². The zero-order valence-corrected chi connectivity index (χ0v) is 12.6. The van der Waals surface area contributed by atoms with Crippen molar-refractivity contribution in [2.45, 2.75) is 31.4 Å². The van der Waals surface area contributed by atoms with Crippen molar-refractivity contribution in [3.63, 3.8) is 0 Å². The van der Waals surface area contributed by atoms with Crippen LogP contribution in [-0.2, 0) is 14.3 Å². The van der Waals surface area contributed by atoms with Gasteiger partial charge in [0.2, 0.25) is 0 Å². The topological polar surface area (TPSA) is 68.3 Å². The van der Waals surface area contributed by atoms with Crippen molar-refractivity contribution in [2.24, 2.45) is 0 Å². The van der Waals surface area contributed by atoms with Crippen LogP contribution in [0.15, 0.2) is 27.8 Å². The summed E-state index contributed by atoms with van der Waals surface area (Å²) in [5.41, 5.74) is -1.20. The molecule has 5 nitrogen and oxygen atoms in total. The third kappa shape index (κ3) is 4.66. The molecule has 0 unspecified atom stereocenters. The molecule has 0 fully saturated rings. The summed E-state index contributed by atoms with van der Waals surface area (Å²) in [5.74, 6) is -0.894. The van der Waals surface area contributed by atoms with E-state index in [1.54, 1.807) is 12.3 Å². The van der Waals surface area contributed by atoms with E-state index in [4.69, 9.17) is 4.74 Å². The van der Waals surface area contributed by atoms with Crippen molar-refractivity contribution in [2.75, 3.05) is 0 Å². The monoisotopic (exact) mass is 332 g/mol. The molecule has 0 saturated carbocycles. The normalized spacial score (nSPS) is 10.9. The van der Waals surface area contributed by atoms with Gasteiger partial charge in [-0.25, -0.2) is 4.98 Å². The highest BCUT2D eigenvalue weighted by Gasteiger charge is 2.31. The molecule has 7 heteroatoms. The molecule has 98 valence electrons. The molecule has 0 aliphatic heterocycles. The third-order valence-corrected chi connectivity index (χ3v) is 3.10. The molecule has 0 spiro atoms. The highest BCUT2D eigenvalue weighted by atomic mass is 79.9. The Bertz CT molecular complexity index is 448. The molecule has 0 atom stereocenters. The molecule has 0 aliphatic rings. The minimum Gasteiger partial charge on any atom is -0.450 e. The van der Waals surface area contributed by atoms with Crippen molar-refractivity contribution in [3.8, 4) is 0 Å². The molecule has 1 aromatic rings. The summed E-state index contributed by atoms with van der Waals surface area (Å²) < 4.78 is 8.36. The number of pyridine rings is 1. The standard InChI is InChI=1S/C11H13BrN2O3S/c1-7(15)17-11(2,3)10(16)14-18-9-5-4-8(12)6-13-9/h4-6H,1-3H3,(H,14,16). The zero-order valence-electron chi connectivity index (χ0n) is 10.2. The number of hydrogen-bond acceptors (Lipinski definition) is 5. The quantitative estimate of drug-likeness (QED) is 0.676. The molecule has 0 bridgehead atoms. The fraction of sp³-hybridized carbons (Fsp3) is 0.364. The second kappa shape index (κ2) is 6.19. The van der Waals surface area contributed by atoms with Crippen LogP contribution >= 0.6 is 27.9 Å². The number of carbonyl (C=O) groups excluding carboxylic acids is 2. The number of nitrogens with one attached hydrogen (secondary N) is 1. The number of rotatable bonds is 4. The van der Waals surface area contributed by atoms with E-state index in [1.807, 2.05) is 6.07 Å². The van der Waals surface area contributed by atoms with Gasteiger partial charge in [0.15, 0.2) is 5.60 Å². The molecule has 1 rings (SSSR count). The Morgan fingerprint density at radius 3 is 2.61 bits per heavy atom. The highest BCUT2D eigenvalue weighted by Crippen LogP contribution is 2.17. The molecule has 0 radical (unpaired) electrons. The number of esters is 1. The van der Waals surface area contributed by atoms with E-state index in [9.17, 15) is 9.59 Å². The first-order valence-corrected chi connectivity index (χ1v) is 6.70. The van der Waals surface area contributed by atoms with Gasteiger partial charge in [0, 0.05) is 29.5 Å². The largest absolute Gasteiger partial charge is 0.450 e. The maximum absolute atomic E-state index is 11.8. The van der Waals surface area contributed by atoms with Crippen LogP contribution in [0.2, 0.25) is 0 Å². The number of hydrogen-bond donors (Lipinski definition) is 1. The Morgan fingerprint density at radius 2 is 2.11 bits per heavy atom. The van der Waals surface area contributed by atoms with E-state index in [-0.39, 0.29) is 0 Å². The van der Waals surface area contributed by atoms with Gasteiger partial charge < -0.3 is 4.74 Å². The first-order valence-electron chi connectivity index (χ1n) is 5.09. The minimum absolute atomic E-state index is 0.396. The Labute approximate surface area is 118 Å². The van der Waals surface area contributed by atoms with Crippen LogP contribution in [0.1, 0.15) is 20.8 Å². The van der Waals surface area contributed by atoms with Crippen molar-refractivity contribution in [1.29, 1.82) is 0 Å². The summed E-state index contributed by atoms with van der Waals surface area (Å²) in [5, 5.41) is 0.644. The van der Waals surface area contributed by atoms with E-state index < -0.39 is 17.5 Å². The third-order valence-electron chi connectivity index (χ3n) is 1.89. The Balaban J connectivity index is 2.55. The van der Waals surface area contributed by atoms with Gasteiger partial charge in [0.25, 0.3) is 5.91 Å². The van der Waals surface area contributed by atoms with Gasteiger partial charge in [-0.05, 0) is 41.9 Å². The number of aromatic nitrogens is 1. The van der Waals surface area contributed by atoms with Crippen LogP contribution in [0.25, 0.3) is 0 Å². The SMILES string of the molecule is CC(=O)OC(C)(C)C(=O)NSc1ccc(Br)cn1. The van der Waals surface area contributed by atoms with Gasteiger partial charge in [-0.3, -0.25) is 14.3 Å². The van der Waals surface area contributed by atoms with Crippen LogP contribution in [-0.4, -0.2) is 22.5 Å². The average molecular weight is 333 g/mol. The zero-order chi connectivity index (χ0) is 13.8. The molecule has 18 heavy (non-hydrogen) atoms. The molecular weight excluding hydrogens is 320 g/mol. The number of amides is 1. The van der Waals surface area contributed by atoms with Gasteiger partial charge in [0.1, 0.15) is 5.03 Å². The lowest BCUT2D eigenvalue weighted by Gasteiger charge is -2.22. The second-order valence-electron chi connectivity index (χ2n) is 3.95. The van der Waals surface area contributed by atoms with Crippen molar-refractivity contribution in [3.05, 3.63) is 22.8 Å². The summed E-state index contributed by atoms with van der Waals surface area (Å²) >= 11 is 4.34. The number of carbonyl (C=O) groups is 2. The maximum Gasteiger partial charge on any atom is 0.303 e. The Hall–Kier alpha value is -1.08. The van der Waals surface area contributed by atoms with Gasteiger partial charge >= 0.3 is 5.97 Å². The maximum atomic E-state index is 11.8. The van der Waals surface area contributed by atoms with Crippen LogP contribution in [0, 0.1) is 0 Å². The van der Waals surface area contributed by atoms with Crippen molar-refractivity contribution < 1.29 is 14.3 Å². The van der Waals surface area contributed by atoms with Crippen molar-refractivity contribution in [1.82, 2.24) is 9.71 Å². The summed E-state index contributed by atoms with van der Waals surface area (Å²) in [6, 6.07) is 3.58. The molecule has 1 N–H and O–H groups in total. The van der Waals surface area contributed by atoms with E-state index in [0.717, 1.165) is 16.4 Å². The number of nitrogens with zero attached hydrogens (tertiary/aromatic N) is 1. The first-order chi connectivity index (χ1) is 8.31. The van der Waals surface area contributed by atoms with Crippen molar-refractivity contribution >= 4 is 39.8 Å². The Kier molecular flexibility index (Phi) is 5.15. The van der Waals surface area contributed by atoms with Crippen LogP contribution in [0.4, 0.5) is 0 Å². The molecule has 0 aromatic carbocycles. The number of halogens is 1. The molecule has 1 amide bonds. The number of ether oxygens (including phenoxy) is 1. The predicted molar refractivity (Wildman–Crippen MR) is 71.8 cm³/mol. The highest BCUT2D eigenvalue weighted by molar-refractivity contribution is 9.10. The lowest BCUT2D eigenvalue weighted by atomic mass is 10.1. The fourth-order valence-corrected chi connectivity index (χ4v) is 1.97. The van der Waals surface area contributed by atoms with E-state index in [0.29, 0.717) is 5.03 Å². The summed E-state index contributed by atoms with van der Waals surface area (Å²) in [6.07, 6.45) is 1.63. The smallest absolute Gasteiger partial charge is 0.303 e. The van der Waals surface area contributed by atoms with Crippen LogP contribution in [0.3, 0.4) is 0 Å². The molecule has 0 aliphatic carbocycles. The van der Waals surface area contributed by atoms with Gasteiger partial charge in [-0.1, -0.05) is 0 Å². The predicted octanol–water partition coefficient (Wildman–Crippen LogP) is 2.31. The van der Waals surface area contributed by atoms with Gasteiger partial charge in [-0.2, -0.15) is 0 Å². The average Bonchev–Trinajstić information content (AvgIpc) is 2.26. The minimum atomic E-state index is -1.20. The fourth-order valence-electron chi connectivity index (χ4n) is 1.05. The molecule has 1 heterocycles. The molecular formula is C11H13BrN2O3S.